The molecule has 3 aromatic heterocycles. The highest BCUT2D eigenvalue weighted by Crippen LogP contribution is 2.44. The third-order valence-electron chi connectivity index (χ3n) is 7.48. The predicted octanol–water partition coefficient (Wildman–Crippen LogP) is 7.40. The summed E-state index contributed by atoms with van der Waals surface area (Å²) >= 11 is 0. The van der Waals surface area contributed by atoms with Gasteiger partial charge in [-0.15, -0.1) is 0 Å². The summed E-state index contributed by atoms with van der Waals surface area (Å²) in [6, 6.07) is 34.4. The van der Waals surface area contributed by atoms with Crippen molar-refractivity contribution in [2.24, 2.45) is 0 Å². The highest BCUT2D eigenvalue weighted by atomic mass is 16.5. The van der Waals surface area contributed by atoms with Crippen molar-refractivity contribution in [1.29, 1.82) is 0 Å². The number of anilines is 8. The van der Waals surface area contributed by atoms with Crippen LogP contribution < -0.4 is 24.3 Å². The first-order valence-electron chi connectivity index (χ1n) is 13.6. The highest BCUT2D eigenvalue weighted by Gasteiger charge is 2.23. The fourth-order valence-corrected chi connectivity index (χ4v) is 4.97. The van der Waals surface area contributed by atoms with E-state index in [0.717, 1.165) is 57.6 Å². The topological polar surface area (TPSA) is 60.9 Å². The molecule has 8 heteroatoms. The van der Waals surface area contributed by atoms with Gasteiger partial charge in [-0.1, -0.05) is 54.6 Å². The molecule has 41 heavy (non-hydrogen) atoms. The van der Waals surface area contributed by atoms with Gasteiger partial charge in [0.15, 0.2) is 5.75 Å². The summed E-state index contributed by atoms with van der Waals surface area (Å²) < 4.78 is 6.80. The van der Waals surface area contributed by atoms with Gasteiger partial charge in [-0.2, -0.15) is 0 Å². The average molecular weight is 544 g/mol. The second kappa shape index (κ2) is 10.8. The Morgan fingerprint density at radius 3 is 1.24 bits per heavy atom. The first kappa shape index (κ1) is 26.1. The van der Waals surface area contributed by atoms with Gasteiger partial charge in [-0.3, -0.25) is 0 Å². The number of hydrogen-bond acceptors (Lipinski definition) is 8. The SMILES string of the molecule is C[C@H](Oc1c2cccc1N(C)c1cccc(n1)N(C)c1cccc(n1)N(C)c1cccc(n1)N2C)c1ccccc1. The number of hydrogen-bond donors (Lipinski definition) is 0. The Balaban J connectivity index is 1.55. The Kier molecular flexibility index (Phi) is 6.89. The minimum Gasteiger partial charge on any atom is -0.482 e. The van der Waals surface area contributed by atoms with E-state index in [1.54, 1.807) is 0 Å². The molecule has 0 aliphatic carbocycles. The molecule has 0 saturated carbocycles. The molecule has 0 N–H and O–H groups in total. The van der Waals surface area contributed by atoms with Gasteiger partial charge in [0.25, 0.3) is 0 Å². The van der Waals surface area contributed by atoms with Crippen molar-refractivity contribution in [1.82, 2.24) is 15.0 Å². The van der Waals surface area contributed by atoms with Crippen molar-refractivity contribution in [2.75, 3.05) is 47.8 Å². The third kappa shape index (κ3) is 5.00. The van der Waals surface area contributed by atoms with Crippen LogP contribution in [0.5, 0.6) is 5.75 Å². The van der Waals surface area contributed by atoms with Crippen LogP contribution in [0.4, 0.5) is 46.3 Å². The van der Waals surface area contributed by atoms with E-state index in [2.05, 4.69) is 41.0 Å². The van der Waals surface area contributed by atoms with Crippen molar-refractivity contribution >= 4 is 46.3 Å². The lowest BCUT2D eigenvalue weighted by atomic mass is 10.1. The molecule has 6 rings (SSSR count). The molecule has 8 nitrogen and oxygen atoms in total. The number of nitrogens with zero attached hydrogens (tertiary/aromatic N) is 7. The average Bonchev–Trinajstić information content (AvgIpc) is 3.03. The molecule has 0 amide bonds. The van der Waals surface area contributed by atoms with Crippen molar-refractivity contribution in [2.45, 2.75) is 13.0 Å². The van der Waals surface area contributed by atoms with Gasteiger partial charge in [-0.05, 0) is 61.0 Å². The lowest BCUT2D eigenvalue weighted by molar-refractivity contribution is 0.228. The summed E-state index contributed by atoms with van der Waals surface area (Å²) in [4.78, 5) is 23.1. The number of rotatable bonds is 3. The predicted molar refractivity (Wildman–Crippen MR) is 167 cm³/mol. The van der Waals surface area contributed by atoms with Crippen LogP contribution in [0, 0.1) is 0 Å². The summed E-state index contributed by atoms with van der Waals surface area (Å²) in [7, 11) is 7.99. The highest BCUT2D eigenvalue weighted by molar-refractivity contribution is 5.80. The first-order chi connectivity index (χ1) is 19.9. The molecule has 0 unspecified atom stereocenters. The third-order valence-corrected chi connectivity index (χ3v) is 7.48. The standard InChI is InChI=1S/C33H33N7O/c1-23(24-13-7-6-8-14-24)41-33-25-15-9-16-26(33)38(3)28-18-11-20-30(35-28)40(5)32-22-12-21-31(36-32)39(4)29-19-10-17-27(34-29)37(25)2/h6-23H,1-5H3/t23-/m0/s1. The van der Waals surface area contributed by atoms with Crippen molar-refractivity contribution in [3.63, 3.8) is 0 Å². The van der Waals surface area contributed by atoms with E-state index in [1.165, 1.54) is 0 Å². The summed E-state index contributed by atoms with van der Waals surface area (Å²) in [5, 5.41) is 0. The number of aromatic nitrogens is 3. The molecule has 0 saturated heterocycles. The summed E-state index contributed by atoms with van der Waals surface area (Å²) in [6.07, 6.45) is -0.185. The zero-order valence-corrected chi connectivity index (χ0v) is 23.9. The largest absolute Gasteiger partial charge is 0.482 e. The maximum atomic E-state index is 6.80. The molecule has 2 aromatic carbocycles. The van der Waals surface area contributed by atoms with Crippen molar-refractivity contribution in [3.8, 4) is 5.75 Å². The molecule has 206 valence electrons. The van der Waals surface area contributed by atoms with E-state index in [-0.39, 0.29) is 6.10 Å². The van der Waals surface area contributed by atoms with Crippen LogP contribution in [-0.2, 0) is 0 Å². The minimum absolute atomic E-state index is 0.185. The van der Waals surface area contributed by atoms with Gasteiger partial charge in [0.1, 0.15) is 41.0 Å². The van der Waals surface area contributed by atoms with Crippen LogP contribution in [-0.4, -0.2) is 43.1 Å². The van der Waals surface area contributed by atoms with Gasteiger partial charge in [0.2, 0.25) is 0 Å². The molecule has 0 fully saturated rings. The Morgan fingerprint density at radius 2 is 0.829 bits per heavy atom. The maximum absolute atomic E-state index is 6.80. The maximum Gasteiger partial charge on any atom is 0.167 e. The molecule has 8 bridgehead atoms. The fourth-order valence-electron chi connectivity index (χ4n) is 4.97. The minimum atomic E-state index is -0.185. The molecular formula is C33H33N7O. The van der Waals surface area contributed by atoms with Crippen LogP contribution in [0.3, 0.4) is 0 Å². The lowest BCUT2D eigenvalue weighted by Gasteiger charge is -2.30. The van der Waals surface area contributed by atoms with Crippen molar-refractivity contribution < 1.29 is 4.74 Å². The quantitative estimate of drug-likeness (QED) is 0.233. The zero-order valence-electron chi connectivity index (χ0n) is 23.9. The van der Waals surface area contributed by atoms with Gasteiger partial charge in [-0.25, -0.2) is 15.0 Å². The Morgan fingerprint density at radius 1 is 0.463 bits per heavy atom. The smallest absolute Gasteiger partial charge is 0.167 e. The molecule has 1 aliphatic rings. The molecule has 0 radical (unpaired) electrons. The molecule has 1 atom stereocenters. The summed E-state index contributed by atoms with van der Waals surface area (Å²) in [5.41, 5.74) is 2.88. The fraction of sp³-hybridized carbons (Fsp3) is 0.182. The van der Waals surface area contributed by atoms with Crippen LogP contribution >= 0.6 is 0 Å². The number of para-hydroxylation sites is 1. The van der Waals surface area contributed by atoms with E-state index in [4.69, 9.17) is 19.7 Å². The summed E-state index contributed by atoms with van der Waals surface area (Å²) in [5.74, 6) is 5.44. The van der Waals surface area contributed by atoms with Gasteiger partial charge >= 0.3 is 0 Å². The normalized spacial score (nSPS) is 13.7. The Labute approximate surface area is 241 Å². The molecule has 1 aliphatic heterocycles. The second-order valence-corrected chi connectivity index (χ2v) is 10.1. The van der Waals surface area contributed by atoms with E-state index in [1.807, 2.05) is 117 Å². The lowest BCUT2D eigenvalue weighted by Crippen LogP contribution is -2.21. The van der Waals surface area contributed by atoms with E-state index in [9.17, 15) is 0 Å². The van der Waals surface area contributed by atoms with Crippen molar-refractivity contribution in [3.05, 3.63) is 109 Å². The van der Waals surface area contributed by atoms with Gasteiger partial charge < -0.3 is 24.3 Å². The number of ether oxygens (including phenoxy) is 1. The van der Waals surface area contributed by atoms with E-state index >= 15 is 0 Å². The van der Waals surface area contributed by atoms with Crippen LogP contribution in [0.15, 0.2) is 103 Å². The number of pyridine rings is 3. The van der Waals surface area contributed by atoms with Gasteiger partial charge in [0, 0.05) is 28.2 Å². The van der Waals surface area contributed by atoms with Gasteiger partial charge in [0.05, 0.1) is 11.4 Å². The second-order valence-electron chi connectivity index (χ2n) is 10.1. The Bertz CT molecular complexity index is 1580. The first-order valence-corrected chi connectivity index (χ1v) is 13.6. The van der Waals surface area contributed by atoms with E-state index < -0.39 is 0 Å². The molecular weight excluding hydrogens is 510 g/mol. The molecule has 5 aromatic rings. The molecule has 4 heterocycles. The van der Waals surface area contributed by atoms with Crippen LogP contribution in [0.2, 0.25) is 0 Å². The number of fused-ring (bicyclic) bond motifs is 8. The van der Waals surface area contributed by atoms with E-state index in [0.29, 0.717) is 0 Å². The molecule has 0 spiro atoms. The van der Waals surface area contributed by atoms with Crippen LogP contribution in [0.1, 0.15) is 18.6 Å². The van der Waals surface area contributed by atoms with Crippen LogP contribution in [0.25, 0.3) is 0 Å². The number of benzene rings is 2. The Hall–Kier alpha value is -5.11. The summed E-state index contributed by atoms with van der Waals surface area (Å²) in [6.45, 7) is 2.07. The zero-order chi connectivity index (χ0) is 28.5. The monoisotopic (exact) mass is 543 g/mol.